The maximum absolute atomic E-state index is 2.36. The Kier molecular flexibility index (Phi) is 4.10. The molecular formula is C20H20N2S2. The second-order valence-electron chi connectivity index (χ2n) is 6.11. The van der Waals surface area contributed by atoms with Crippen molar-refractivity contribution in [3.8, 4) is 0 Å². The number of para-hydroxylation sites is 2. The lowest BCUT2D eigenvalue weighted by Crippen LogP contribution is -2.22. The van der Waals surface area contributed by atoms with Crippen LogP contribution in [-0.2, 0) is 0 Å². The van der Waals surface area contributed by atoms with Crippen molar-refractivity contribution in [2.24, 2.45) is 0 Å². The van der Waals surface area contributed by atoms with Gasteiger partial charge in [-0.05, 0) is 48.9 Å². The molecule has 0 aromatic heterocycles. The summed E-state index contributed by atoms with van der Waals surface area (Å²) in [5.74, 6) is 0. The Morgan fingerprint density at radius 1 is 0.958 bits per heavy atom. The zero-order valence-corrected chi connectivity index (χ0v) is 15.7. The summed E-state index contributed by atoms with van der Waals surface area (Å²) in [7, 11) is 4.32. The van der Waals surface area contributed by atoms with Crippen LogP contribution in [-0.4, -0.2) is 19.5 Å². The first-order chi connectivity index (χ1) is 11.6. The van der Waals surface area contributed by atoms with Crippen molar-refractivity contribution in [1.29, 1.82) is 0 Å². The molecule has 1 unspecified atom stereocenters. The molecular weight excluding hydrogens is 332 g/mol. The van der Waals surface area contributed by atoms with Gasteiger partial charge in [0.1, 0.15) is 0 Å². The number of thioether (sulfide) groups is 2. The maximum atomic E-state index is 2.36. The molecule has 0 saturated carbocycles. The average molecular weight is 353 g/mol. The molecule has 2 nitrogen and oxygen atoms in total. The minimum atomic E-state index is 0.360. The van der Waals surface area contributed by atoms with Crippen LogP contribution >= 0.6 is 23.5 Å². The Balaban J connectivity index is 1.55. The zero-order chi connectivity index (χ0) is 16.7. The summed E-state index contributed by atoms with van der Waals surface area (Å²) in [5, 5.41) is 1.64. The largest absolute Gasteiger partial charge is 0.358 e. The molecule has 2 heterocycles. The quantitative estimate of drug-likeness (QED) is 0.695. The smallest absolute Gasteiger partial charge is 0.0985 e. The second kappa shape index (κ2) is 6.26. The summed E-state index contributed by atoms with van der Waals surface area (Å²) in [4.78, 5) is 7.32. The number of rotatable bonds is 2. The molecule has 0 spiro atoms. The van der Waals surface area contributed by atoms with Crippen LogP contribution < -0.4 is 9.80 Å². The van der Waals surface area contributed by atoms with E-state index in [0.29, 0.717) is 5.37 Å². The summed E-state index contributed by atoms with van der Waals surface area (Å²) in [6.45, 7) is 2.20. The van der Waals surface area contributed by atoms with Crippen molar-refractivity contribution in [1.82, 2.24) is 0 Å². The number of fused-ring (bicyclic) bond motifs is 2. The first-order valence-corrected chi connectivity index (χ1v) is 9.72. The monoisotopic (exact) mass is 352 g/mol. The molecule has 1 atom stereocenters. The molecule has 2 aliphatic rings. The van der Waals surface area contributed by atoms with E-state index < -0.39 is 0 Å². The molecule has 4 rings (SSSR count). The number of anilines is 2. The number of hydrogen-bond acceptors (Lipinski definition) is 4. The van der Waals surface area contributed by atoms with Gasteiger partial charge in [0.2, 0.25) is 0 Å². The van der Waals surface area contributed by atoms with Crippen LogP contribution in [0.3, 0.4) is 0 Å². The molecule has 2 aliphatic heterocycles. The Morgan fingerprint density at radius 3 is 2.33 bits per heavy atom. The molecule has 2 aromatic rings. The number of nitrogens with zero attached hydrogens (tertiary/aromatic N) is 2. The fraction of sp³-hybridized carbons (Fsp3) is 0.200. The molecule has 0 aliphatic carbocycles. The average Bonchev–Trinajstić information content (AvgIpc) is 3.06. The van der Waals surface area contributed by atoms with Gasteiger partial charge in [-0.1, -0.05) is 47.8 Å². The topological polar surface area (TPSA) is 6.48 Å². The lowest BCUT2D eigenvalue weighted by atomic mass is 10.2. The highest BCUT2D eigenvalue weighted by Gasteiger charge is 2.25. The van der Waals surface area contributed by atoms with E-state index in [1.54, 1.807) is 0 Å². The summed E-state index contributed by atoms with van der Waals surface area (Å²) in [5.41, 5.74) is 3.92. The van der Waals surface area contributed by atoms with Crippen molar-refractivity contribution in [3.63, 3.8) is 0 Å². The standard InChI is InChI=1S/C20H20N2S2/c1-14(12-19-21(2)15-8-4-6-10-17(15)23-19)13-20-22(3)16-9-5-7-11-18(16)24-20/h4-13,19H,1-3H3. The van der Waals surface area contributed by atoms with Crippen LogP contribution in [0, 0.1) is 0 Å². The van der Waals surface area contributed by atoms with E-state index in [2.05, 4.69) is 91.5 Å². The molecule has 2 aromatic carbocycles. The Bertz CT molecular complexity index is 841. The third-order valence-corrected chi connectivity index (χ3v) is 6.86. The molecule has 0 N–H and O–H groups in total. The van der Waals surface area contributed by atoms with Crippen molar-refractivity contribution in [2.75, 3.05) is 23.9 Å². The van der Waals surface area contributed by atoms with E-state index in [4.69, 9.17) is 0 Å². The van der Waals surface area contributed by atoms with Gasteiger partial charge in [0.05, 0.1) is 21.8 Å². The van der Waals surface area contributed by atoms with E-state index in [1.165, 1.54) is 31.8 Å². The van der Waals surface area contributed by atoms with Gasteiger partial charge >= 0.3 is 0 Å². The number of hydrogen-bond donors (Lipinski definition) is 0. The van der Waals surface area contributed by atoms with Crippen LogP contribution in [0.2, 0.25) is 0 Å². The summed E-state index contributed by atoms with van der Waals surface area (Å²) >= 11 is 3.76. The number of benzene rings is 2. The second-order valence-corrected chi connectivity index (χ2v) is 8.33. The Morgan fingerprint density at radius 2 is 1.62 bits per heavy atom. The lowest BCUT2D eigenvalue weighted by Gasteiger charge is -2.19. The Labute approximate surface area is 152 Å². The zero-order valence-electron chi connectivity index (χ0n) is 14.1. The molecule has 0 saturated heterocycles. The van der Waals surface area contributed by atoms with Crippen molar-refractivity contribution < 1.29 is 0 Å². The first-order valence-electron chi connectivity index (χ1n) is 8.03. The van der Waals surface area contributed by atoms with Crippen LogP contribution in [0.1, 0.15) is 6.92 Å². The minimum Gasteiger partial charge on any atom is -0.358 e. The van der Waals surface area contributed by atoms with E-state index in [-0.39, 0.29) is 0 Å². The SMILES string of the molecule is CC(=CC1Sc2ccccc2N1C)C=C1Sc2ccccc2N1C. The predicted molar refractivity (Wildman–Crippen MR) is 107 cm³/mol. The van der Waals surface area contributed by atoms with Crippen LogP contribution in [0.25, 0.3) is 0 Å². The molecule has 0 fully saturated rings. The van der Waals surface area contributed by atoms with Gasteiger partial charge in [-0.25, -0.2) is 0 Å². The molecule has 24 heavy (non-hydrogen) atoms. The normalized spacial score (nSPS) is 21.4. The predicted octanol–water partition coefficient (Wildman–Crippen LogP) is 5.58. The lowest BCUT2D eigenvalue weighted by molar-refractivity contribution is 0.983. The van der Waals surface area contributed by atoms with Crippen molar-refractivity contribution in [3.05, 3.63) is 71.3 Å². The van der Waals surface area contributed by atoms with E-state index in [1.807, 2.05) is 23.5 Å². The van der Waals surface area contributed by atoms with Gasteiger partial charge in [-0.3, -0.25) is 0 Å². The third kappa shape index (κ3) is 2.74. The molecule has 0 radical (unpaired) electrons. The highest BCUT2D eigenvalue weighted by molar-refractivity contribution is 8.03. The van der Waals surface area contributed by atoms with Gasteiger partial charge in [-0.2, -0.15) is 0 Å². The highest BCUT2D eigenvalue weighted by atomic mass is 32.2. The van der Waals surface area contributed by atoms with Crippen LogP contribution in [0.4, 0.5) is 11.4 Å². The van der Waals surface area contributed by atoms with Gasteiger partial charge in [0, 0.05) is 23.9 Å². The third-order valence-electron chi connectivity index (χ3n) is 4.40. The highest BCUT2D eigenvalue weighted by Crippen LogP contribution is 2.46. The number of allylic oxidation sites excluding steroid dienone is 2. The van der Waals surface area contributed by atoms with Gasteiger partial charge in [0.25, 0.3) is 0 Å². The molecule has 0 bridgehead atoms. The molecule has 4 heteroatoms. The fourth-order valence-corrected chi connectivity index (χ4v) is 5.52. The van der Waals surface area contributed by atoms with Crippen molar-refractivity contribution >= 4 is 34.9 Å². The summed E-state index contributed by atoms with van der Waals surface area (Å²) in [6.07, 6.45) is 4.65. The first kappa shape index (κ1) is 15.7. The fourth-order valence-electron chi connectivity index (χ4n) is 3.05. The number of likely N-dealkylation sites (N-methyl/N-ethyl adjacent to an activating group) is 1. The van der Waals surface area contributed by atoms with E-state index in [0.717, 1.165) is 0 Å². The van der Waals surface area contributed by atoms with E-state index in [9.17, 15) is 0 Å². The van der Waals surface area contributed by atoms with Gasteiger partial charge < -0.3 is 9.80 Å². The van der Waals surface area contributed by atoms with Crippen LogP contribution in [0.5, 0.6) is 0 Å². The van der Waals surface area contributed by atoms with Gasteiger partial charge in [-0.15, -0.1) is 0 Å². The van der Waals surface area contributed by atoms with Crippen LogP contribution in [0.15, 0.2) is 81.1 Å². The van der Waals surface area contributed by atoms with E-state index >= 15 is 0 Å². The Hall–Kier alpha value is -1.78. The molecule has 0 amide bonds. The van der Waals surface area contributed by atoms with Gasteiger partial charge in [0.15, 0.2) is 0 Å². The van der Waals surface area contributed by atoms with Crippen molar-refractivity contribution in [2.45, 2.75) is 22.1 Å². The maximum Gasteiger partial charge on any atom is 0.0985 e. The summed E-state index contributed by atoms with van der Waals surface area (Å²) < 4.78 is 0. The minimum absolute atomic E-state index is 0.360. The molecule has 122 valence electrons. The summed E-state index contributed by atoms with van der Waals surface area (Å²) in [6, 6.07) is 17.2.